The third kappa shape index (κ3) is 1.60. The number of ketones is 1. The van der Waals surface area contributed by atoms with Crippen molar-refractivity contribution in [2.75, 3.05) is 0 Å². The lowest BCUT2D eigenvalue weighted by Crippen LogP contribution is -2.13. The molecule has 2 aromatic carbocycles. The Bertz CT molecular complexity index is 800. The van der Waals surface area contributed by atoms with Crippen LogP contribution in [0.5, 0.6) is 0 Å². The number of allylic oxidation sites excluding steroid dienone is 5. The second-order valence-corrected chi connectivity index (χ2v) is 5.31. The predicted octanol–water partition coefficient (Wildman–Crippen LogP) is 4.41. The first-order valence-electron chi connectivity index (χ1n) is 6.94. The Hall–Kier alpha value is -2.41. The Kier molecular flexibility index (Phi) is 2.46. The minimum Gasteiger partial charge on any atom is -0.294 e. The summed E-state index contributed by atoms with van der Waals surface area (Å²) < 4.78 is 0. The third-order valence-electron chi connectivity index (χ3n) is 4.14. The maximum Gasteiger partial charge on any atom is 0.163 e. The van der Waals surface area contributed by atoms with Crippen LogP contribution in [-0.2, 0) is 4.79 Å². The molecule has 2 aliphatic rings. The van der Waals surface area contributed by atoms with E-state index in [1.165, 1.54) is 21.9 Å². The Morgan fingerprint density at radius 3 is 2.75 bits per heavy atom. The Morgan fingerprint density at radius 1 is 1.05 bits per heavy atom. The summed E-state index contributed by atoms with van der Waals surface area (Å²) in [5, 5.41) is 2.53. The molecule has 1 nitrogen and oxygen atoms in total. The van der Waals surface area contributed by atoms with Gasteiger partial charge in [0.1, 0.15) is 0 Å². The molecule has 1 atom stereocenters. The van der Waals surface area contributed by atoms with Gasteiger partial charge in [0.05, 0.1) is 0 Å². The molecule has 2 aliphatic carbocycles. The standard InChI is InChI=1S/C19H14O/c20-18-10-2-1-8-16(18)15-12-11-14-6-3-5-13-7-4-9-17(15)19(13)14/h1-9,11-12,15H,10H2. The molecule has 0 heterocycles. The van der Waals surface area contributed by atoms with Crippen molar-refractivity contribution >= 4 is 22.6 Å². The normalized spacial score (nSPS) is 20.3. The van der Waals surface area contributed by atoms with Crippen molar-refractivity contribution in [1.82, 2.24) is 0 Å². The van der Waals surface area contributed by atoms with Crippen molar-refractivity contribution in [1.29, 1.82) is 0 Å². The molecule has 96 valence electrons. The molecular formula is C19H14O. The fourth-order valence-electron chi connectivity index (χ4n) is 3.21. The van der Waals surface area contributed by atoms with Gasteiger partial charge in [0, 0.05) is 17.9 Å². The van der Waals surface area contributed by atoms with Crippen molar-refractivity contribution in [3.05, 3.63) is 77.4 Å². The van der Waals surface area contributed by atoms with Crippen LogP contribution in [0.3, 0.4) is 0 Å². The van der Waals surface area contributed by atoms with Crippen LogP contribution in [0, 0.1) is 0 Å². The highest BCUT2D eigenvalue weighted by molar-refractivity contribution is 6.03. The fraction of sp³-hybridized carbons (Fsp3) is 0.105. The van der Waals surface area contributed by atoms with Crippen molar-refractivity contribution < 1.29 is 4.79 Å². The van der Waals surface area contributed by atoms with Gasteiger partial charge in [-0.15, -0.1) is 0 Å². The average Bonchev–Trinajstić information content (AvgIpc) is 2.49. The number of Topliss-reactive ketones (excluding diaryl/α,β-unsaturated/α-hetero) is 1. The summed E-state index contributed by atoms with van der Waals surface area (Å²) in [6.45, 7) is 0. The van der Waals surface area contributed by atoms with E-state index in [0.29, 0.717) is 6.42 Å². The van der Waals surface area contributed by atoms with Crippen LogP contribution in [0.15, 0.2) is 66.3 Å². The van der Waals surface area contributed by atoms with E-state index in [9.17, 15) is 4.79 Å². The zero-order valence-electron chi connectivity index (χ0n) is 11.0. The topological polar surface area (TPSA) is 17.1 Å². The Labute approximate surface area is 117 Å². The van der Waals surface area contributed by atoms with E-state index in [4.69, 9.17) is 0 Å². The van der Waals surface area contributed by atoms with E-state index < -0.39 is 0 Å². The fourth-order valence-corrected chi connectivity index (χ4v) is 3.21. The van der Waals surface area contributed by atoms with Gasteiger partial charge in [-0.05, 0) is 21.9 Å². The monoisotopic (exact) mass is 258 g/mol. The zero-order valence-corrected chi connectivity index (χ0v) is 11.0. The minimum absolute atomic E-state index is 0.0889. The zero-order chi connectivity index (χ0) is 13.5. The first-order valence-corrected chi connectivity index (χ1v) is 6.94. The van der Waals surface area contributed by atoms with E-state index in [2.05, 4.69) is 48.6 Å². The molecule has 1 unspecified atom stereocenters. The highest BCUT2D eigenvalue weighted by Gasteiger charge is 2.24. The molecule has 4 rings (SSSR count). The van der Waals surface area contributed by atoms with Crippen molar-refractivity contribution in [3.63, 3.8) is 0 Å². The number of carbonyl (C=O) groups is 1. The third-order valence-corrected chi connectivity index (χ3v) is 4.14. The van der Waals surface area contributed by atoms with Crippen LogP contribution in [-0.4, -0.2) is 5.78 Å². The lowest BCUT2D eigenvalue weighted by molar-refractivity contribution is -0.115. The lowest BCUT2D eigenvalue weighted by Gasteiger charge is -2.23. The largest absolute Gasteiger partial charge is 0.294 e. The summed E-state index contributed by atoms with van der Waals surface area (Å²) in [5.41, 5.74) is 3.40. The number of rotatable bonds is 1. The average molecular weight is 258 g/mol. The van der Waals surface area contributed by atoms with E-state index in [0.717, 1.165) is 5.57 Å². The summed E-state index contributed by atoms with van der Waals surface area (Å²) in [5.74, 6) is 0.324. The second kappa shape index (κ2) is 4.31. The summed E-state index contributed by atoms with van der Waals surface area (Å²) in [4.78, 5) is 12.2. The second-order valence-electron chi connectivity index (χ2n) is 5.31. The molecule has 0 saturated carbocycles. The van der Waals surface area contributed by atoms with E-state index in [1.807, 2.05) is 18.2 Å². The molecule has 0 spiro atoms. The molecule has 0 amide bonds. The summed E-state index contributed by atoms with van der Waals surface area (Å²) in [7, 11) is 0. The summed E-state index contributed by atoms with van der Waals surface area (Å²) >= 11 is 0. The highest BCUT2D eigenvalue weighted by Crippen LogP contribution is 2.39. The van der Waals surface area contributed by atoms with E-state index in [1.54, 1.807) is 0 Å². The van der Waals surface area contributed by atoms with Crippen LogP contribution in [0.4, 0.5) is 0 Å². The molecule has 0 N–H and O–H groups in total. The molecule has 0 radical (unpaired) electrons. The van der Waals surface area contributed by atoms with Gasteiger partial charge in [0.2, 0.25) is 0 Å². The van der Waals surface area contributed by atoms with E-state index >= 15 is 0 Å². The van der Waals surface area contributed by atoms with Crippen LogP contribution < -0.4 is 0 Å². The van der Waals surface area contributed by atoms with Gasteiger partial charge in [0.25, 0.3) is 0 Å². The quantitative estimate of drug-likeness (QED) is 0.740. The van der Waals surface area contributed by atoms with Gasteiger partial charge < -0.3 is 0 Å². The minimum atomic E-state index is 0.0889. The Balaban J connectivity index is 1.96. The first-order chi connectivity index (χ1) is 9.84. The molecule has 0 saturated heterocycles. The SMILES string of the molecule is O=C1CC=CC=C1C1C=Cc2cccc3cccc1c23. The summed E-state index contributed by atoms with van der Waals surface area (Å²) in [6, 6.07) is 12.7. The molecule has 0 fully saturated rings. The number of carbonyl (C=O) groups excluding carboxylic acids is 1. The van der Waals surface area contributed by atoms with Gasteiger partial charge in [-0.25, -0.2) is 0 Å². The Morgan fingerprint density at radius 2 is 1.90 bits per heavy atom. The molecule has 20 heavy (non-hydrogen) atoms. The summed E-state index contributed by atoms with van der Waals surface area (Å²) in [6.07, 6.45) is 10.7. The highest BCUT2D eigenvalue weighted by atomic mass is 16.1. The van der Waals surface area contributed by atoms with Crippen LogP contribution in [0.2, 0.25) is 0 Å². The number of hydrogen-bond acceptors (Lipinski definition) is 1. The lowest BCUT2D eigenvalue weighted by atomic mass is 9.79. The van der Waals surface area contributed by atoms with Gasteiger partial charge in [-0.3, -0.25) is 4.79 Å². The maximum absolute atomic E-state index is 12.2. The van der Waals surface area contributed by atoms with Crippen LogP contribution in [0.25, 0.3) is 16.8 Å². The van der Waals surface area contributed by atoms with E-state index in [-0.39, 0.29) is 11.7 Å². The van der Waals surface area contributed by atoms with Crippen molar-refractivity contribution in [2.45, 2.75) is 12.3 Å². The van der Waals surface area contributed by atoms with Crippen LogP contribution in [0.1, 0.15) is 23.5 Å². The van der Waals surface area contributed by atoms with Crippen LogP contribution >= 0.6 is 0 Å². The molecule has 1 heteroatoms. The van der Waals surface area contributed by atoms with Gasteiger partial charge in [-0.1, -0.05) is 66.8 Å². The van der Waals surface area contributed by atoms with Gasteiger partial charge in [-0.2, -0.15) is 0 Å². The maximum atomic E-state index is 12.2. The smallest absolute Gasteiger partial charge is 0.163 e. The predicted molar refractivity (Wildman–Crippen MR) is 82.6 cm³/mol. The number of hydrogen-bond donors (Lipinski definition) is 0. The van der Waals surface area contributed by atoms with Gasteiger partial charge >= 0.3 is 0 Å². The number of benzene rings is 2. The molecule has 2 aromatic rings. The molecule has 0 bridgehead atoms. The molecule has 0 aromatic heterocycles. The van der Waals surface area contributed by atoms with Gasteiger partial charge in [0.15, 0.2) is 5.78 Å². The molecular weight excluding hydrogens is 244 g/mol. The van der Waals surface area contributed by atoms with Crippen molar-refractivity contribution in [3.8, 4) is 0 Å². The van der Waals surface area contributed by atoms with Crippen molar-refractivity contribution in [2.24, 2.45) is 0 Å². The molecule has 0 aliphatic heterocycles. The first kappa shape index (κ1) is 11.4.